The van der Waals surface area contributed by atoms with Crippen molar-refractivity contribution in [1.29, 1.82) is 0 Å². The summed E-state index contributed by atoms with van der Waals surface area (Å²) in [6, 6.07) is 13.4. The Hall–Kier alpha value is -4.21. The number of fused-ring (bicyclic) bond motifs is 3. The molecule has 0 unspecified atom stereocenters. The number of benzene rings is 2. The van der Waals surface area contributed by atoms with Crippen molar-refractivity contribution in [3.05, 3.63) is 74.9 Å². The number of hydrogen-bond acceptors (Lipinski definition) is 5. The molecule has 0 saturated carbocycles. The molecule has 2 N–H and O–H groups in total. The van der Waals surface area contributed by atoms with Gasteiger partial charge in [0, 0.05) is 23.8 Å². The summed E-state index contributed by atoms with van der Waals surface area (Å²) in [5.74, 6) is -0.619. The number of anilines is 1. The Balaban J connectivity index is 1.85. The van der Waals surface area contributed by atoms with Crippen molar-refractivity contribution in [2.24, 2.45) is 0 Å². The molecule has 0 aliphatic heterocycles. The van der Waals surface area contributed by atoms with Gasteiger partial charge in [0.1, 0.15) is 6.54 Å². The van der Waals surface area contributed by atoms with Crippen LogP contribution in [-0.2, 0) is 17.9 Å². The Morgan fingerprint density at radius 3 is 2.47 bits per heavy atom. The van der Waals surface area contributed by atoms with Crippen molar-refractivity contribution >= 4 is 34.2 Å². The molecule has 34 heavy (non-hydrogen) atoms. The van der Waals surface area contributed by atoms with Crippen LogP contribution in [0.2, 0.25) is 0 Å². The van der Waals surface area contributed by atoms with E-state index in [4.69, 9.17) is 0 Å². The van der Waals surface area contributed by atoms with Crippen molar-refractivity contribution < 1.29 is 9.59 Å². The zero-order valence-corrected chi connectivity index (χ0v) is 19.2. The number of carbonyl (C=O) groups is 2. The van der Waals surface area contributed by atoms with Crippen LogP contribution in [-0.4, -0.2) is 36.6 Å². The van der Waals surface area contributed by atoms with Crippen molar-refractivity contribution in [3.63, 3.8) is 0 Å². The van der Waals surface area contributed by atoms with Gasteiger partial charge in [-0.1, -0.05) is 25.1 Å². The van der Waals surface area contributed by atoms with E-state index in [-0.39, 0.29) is 40.7 Å². The van der Waals surface area contributed by atoms with E-state index in [2.05, 4.69) is 15.7 Å². The van der Waals surface area contributed by atoms with Crippen LogP contribution in [0.3, 0.4) is 0 Å². The minimum absolute atomic E-state index is 0.0747. The molecule has 4 rings (SSSR count). The molecular weight excluding hydrogens is 436 g/mol. The topological polar surface area (TPSA) is 120 Å². The Morgan fingerprint density at radius 2 is 1.79 bits per heavy atom. The highest BCUT2D eigenvalue weighted by molar-refractivity contribution is 5.98. The molecule has 2 amide bonds. The molecule has 10 nitrogen and oxygen atoms in total. The fourth-order valence-corrected chi connectivity index (χ4v) is 3.79. The summed E-state index contributed by atoms with van der Waals surface area (Å²) in [5, 5.41) is 10.1. The largest absolute Gasteiger partial charge is 0.352 e. The van der Waals surface area contributed by atoms with Gasteiger partial charge < -0.3 is 10.6 Å². The third-order valence-electron chi connectivity index (χ3n) is 5.26. The van der Waals surface area contributed by atoms with Gasteiger partial charge in [-0.2, -0.15) is 0 Å². The van der Waals surface area contributed by atoms with Crippen molar-refractivity contribution in [3.8, 4) is 0 Å². The Kier molecular flexibility index (Phi) is 6.31. The average molecular weight is 463 g/mol. The number of para-hydroxylation sites is 1. The zero-order valence-electron chi connectivity index (χ0n) is 19.2. The molecule has 2 aromatic heterocycles. The van der Waals surface area contributed by atoms with Crippen LogP contribution in [0.5, 0.6) is 0 Å². The number of amides is 2. The zero-order chi connectivity index (χ0) is 24.4. The average Bonchev–Trinajstić information content (AvgIpc) is 3.12. The maximum atomic E-state index is 13.3. The summed E-state index contributed by atoms with van der Waals surface area (Å²) in [7, 11) is 0. The summed E-state index contributed by atoms with van der Waals surface area (Å²) < 4.78 is 3.73. The number of aromatic nitrogens is 4. The monoisotopic (exact) mass is 462 g/mol. The number of rotatable bonds is 7. The molecule has 0 fully saturated rings. The molecule has 0 radical (unpaired) electrons. The number of nitrogens with one attached hydrogen (secondary N) is 2. The van der Waals surface area contributed by atoms with Gasteiger partial charge in [0.2, 0.25) is 11.7 Å². The van der Waals surface area contributed by atoms with Crippen LogP contribution in [0.25, 0.3) is 16.7 Å². The molecule has 2 aromatic carbocycles. The third kappa shape index (κ3) is 4.34. The van der Waals surface area contributed by atoms with E-state index in [1.807, 2.05) is 26.8 Å². The van der Waals surface area contributed by atoms with E-state index in [9.17, 15) is 19.2 Å². The van der Waals surface area contributed by atoms with Crippen LogP contribution in [0.15, 0.2) is 58.1 Å². The molecule has 0 spiro atoms. The first kappa shape index (κ1) is 23.0. The maximum absolute atomic E-state index is 13.3. The van der Waals surface area contributed by atoms with Gasteiger partial charge in [-0.05, 0) is 50.6 Å². The molecular formula is C24H26N6O4. The number of nitrogens with zero attached hydrogens (tertiary/aromatic N) is 4. The molecule has 176 valence electrons. The van der Waals surface area contributed by atoms with E-state index in [1.54, 1.807) is 36.4 Å². The summed E-state index contributed by atoms with van der Waals surface area (Å²) in [4.78, 5) is 51.6. The van der Waals surface area contributed by atoms with E-state index < -0.39 is 11.6 Å². The fraction of sp³-hybridized carbons (Fsp3) is 0.292. The smallest absolute Gasteiger partial charge is 0.350 e. The molecule has 0 bridgehead atoms. The van der Waals surface area contributed by atoms with E-state index in [0.717, 1.165) is 4.68 Å². The first-order valence-electron chi connectivity index (χ1n) is 11.1. The maximum Gasteiger partial charge on any atom is 0.352 e. The number of aryl methyl sites for hydroxylation is 1. The number of hydrogen-bond donors (Lipinski definition) is 2. The van der Waals surface area contributed by atoms with Crippen molar-refractivity contribution in [2.45, 2.75) is 46.3 Å². The molecule has 2 heterocycles. The summed E-state index contributed by atoms with van der Waals surface area (Å²) in [5.41, 5.74) is 0.291. The standard InChI is InChI=1S/C24H26N6O4/c1-4-12-28-22(33)18-11-10-16(21(32)25-15(2)3)13-19(18)30-23(28)27-29(24(30)34)14-20(31)26-17-8-6-5-7-9-17/h5-11,13,15H,4,12,14H2,1-3H3,(H,25,32)(H,26,31). The quantitative estimate of drug-likeness (QED) is 0.435. The lowest BCUT2D eigenvalue weighted by molar-refractivity contribution is -0.117. The lowest BCUT2D eigenvalue weighted by Crippen LogP contribution is -2.31. The Labute approximate surface area is 194 Å². The highest BCUT2D eigenvalue weighted by Gasteiger charge is 2.20. The van der Waals surface area contributed by atoms with Gasteiger partial charge in [-0.25, -0.2) is 13.9 Å². The Bertz CT molecular complexity index is 1500. The van der Waals surface area contributed by atoms with Gasteiger partial charge in [-0.15, -0.1) is 5.10 Å². The predicted octanol–water partition coefficient (Wildman–Crippen LogP) is 2.00. The molecule has 0 atom stereocenters. The van der Waals surface area contributed by atoms with Gasteiger partial charge >= 0.3 is 5.69 Å². The predicted molar refractivity (Wildman–Crippen MR) is 129 cm³/mol. The third-order valence-corrected chi connectivity index (χ3v) is 5.26. The van der Waals surface area contributed by atoms with E-state index in [0.29, 0.717) is 24.2 Å². The van der Waals surface area contributed by atoms with Gasteiger partial charge in [0.15, 0.2) is 0 Å². The normalized spacial score (nSPS) is 11.3. The number of carbonyl (C=O) groups excluding carboxylic acids is 2. The second-order valence-electron chi connectivity index (χ2n) is 8.31. The molecule has 0 aliphatic carbocycles. The minimum atomic E-state index is -0.575. The second kappa shape index (κ2) is 9.34. The summed E-state index contributed by atoms with van der Waals surface area (Å²) >= 11 is 0. The van der Waals surface area contributed by atoms with Crippen LogP contribution in [0.1, 0.15) is 37.6 Å². The molecule has 0 saturated heterocycles. The molecule has 4 aromatic rings. The van der Waals surface area contributed by atoms with Crippen LogP contribution in [0.4, 0.5) is 5.69 Å². The summed E-state index contributed by atoms with van der Waals surface area (Å²) in [6.45, 7) is 5.62. The lowest BCUT2D eigenvalue weighted by Gasteiger charge is -2.11. The van der Waals surface area contributed by atoms with E-state index in [1.165, 1.54) is 15.0 Å². The van der Waals surface area contributed by atoms with Crippen molar-refractivity contribution in [2.75, 3.05) is 5.32 Å². The molecule has 0 aliphatic rings. The lowest BCUT2D eigenvalue weighted by atomic mass is 10.1. The summed E-state index contributed by atoms with van der Waals surface area (Å²) in [6.07, 6.45) is 0.644. The van der Waals surface area contributed by atoms with Gasteiger partial charge in [0.25, 0.3) is 11.5 Å². The second-order valence-corrected chi connectivity index (χ2v) is 8.31. The van der Waals surface area contributed by atoms with Gasteiger partial charge in [-0.3, -0.25) is 19.0 Å². The van der Waals surface area contributed by atoms with E-state index >= 15 is 0 Å². The fourth-order valence-electron chi connectivity index (χ4n) is 3.79. The van der Waals surface area contributed by atoms with Crippen LogP contribution in [0, 0.1) is 0 Å². The minimum Gasteiger partial charge on any atom is -0.350 e. The van der Waals surface area contributed by atoms with Crippen molar-refractivity contribution in [1.82, 2.24) is 24.1 Å². The van der Waals surface area contributed by atoms with Gasteiger partial charge in [0.05, 0.1) is 10.9 Å². The molecule has 10 heteroatoms. The Morgan fingerprint density at radius 1 is 1.06 bits per heavy atom. The highest BCUT2D eigenvalue weighted by Crippen LogP contribution is 2.15. The first-order chi connectivity index (χ1) is 16.3. The highest BCUT2D eigenvalue weighted by atomic mass is 16.2. The van der Waals surface area contributed by atoms with Crippen LogP contribution < -0.4 is 21.9 Å². The SMILES string of the molecule is CCCn1c(=O)c2ccc(C(=O)NC(C)C)cc2n2c(=O)n(CC(=O)Nc3ccccc3)nc12. The van der Waals surface area contributed by atoms with Crippen LogP contribution >= 0.6 is 0 Å². The first-order valence-corrected chi connectivity index (χ1v) is 11.1.